The predicted molar refractivity (Wildman–Crippen MR) is 173 cm³/mol. The first kappa shape index (κ1) is 34.3. The summed E-state index contributed by atoms with van der Waals surface area (Å²) in [6, 6.07) is 5.60. The average Bonchev–Trinajstić information content (AvgIpc) is 3.74. The molecular formula is C32H19Cl4F5N6O3. The van der Waals surface area contributed by atoms with Gasteiger partial charge < -0.3 is 0 Å². The highest BCUT2D eigenvalue weighted by molar-refractivity contribution is 6.36. The summed E-state index contributed by atoms with van der Waals surface area (Å²) in [6.45, 7) is -0.720. The lowest BCUT2D eigenvalue weighted by atomic mass is 9.77. The number of hydrogen-bond acceptors (Lipinski definition) is 7. The van der Waals surface area contributed by atoms with Crippen molar-refractivity contribution < 1.29 is 36.3 Å². The maximum atomic E-state index is 14.7. The van der Waals surface area contributed by atoms with Crippen molar-refractivity contribution in [3.05, 3.63) is 102 Å². The lowest BCUT2D eigenvalue weighted by molar-refractivity contribution is -0.136. The number of nitrogens with zero attached hydrogens (tertiary/aromatic N) is 6. The van der Waals surface area contributed by atoms with Crippen LogP contribution >= 0.6 is 46.4 Å². The normalized spacial score (nSPS) is 23.7. The van der Waals surface area contributed by atoms with Crippen LogP contribution in [0.5, 0.6) is 0 Å². The van der Waals surface area contributed by atoms with E-state index in [1.54, 1.807) is 30.3 Å². The molecule has 3 amide bonds. The summed E-state index contributed by atoms with van der Waals surface area (Å²) in [6.07, 6.45) is 3.79. The van der Waals surface area contributed by atoms with E-state index in [0.717, 1.165) is 17.0 Å². The van der Waals surface area contributed by atoms with Crippen LogP contribution in [0.3, 0.4) is 0 Å². The van der Waals surface area contributed by atoms with Gasteiger partial charge in [0.05, 0.1) is 11.8 Å². The highest BCUT2D eigenvalue weighted by atomic mass is 35.5. The Balaban J connectivity index is 1.23. The molecule has 0 spiro atoms. The van der Waals surface area contributed by atoms with Crippen molar-refractivity contribution in [2.24, 2.45) is 21.4 Å². The maximum Gasteiger partial charge on any atom is 0.264 e. The van der Waals surface area contributed by atoms with Gasteiger partial charge in [0, 0.05) is 26.0 Å². The van der Waals surface area contributed by atoms with Gasteiger partial charge in [0.25, 0.3) is 17.7 Å². The fraction of sp³-hybridized carbons (Fsp3) is 0.250. The third kappa shape index (κ3) is 5.52. The second kappa shape index (κ2) is 12.9. The van der Waals surface area contributed by atoms with Crippen LogP contribution in [-0.2, 0) is 14.4 Å². The Bertz CT molecular complexity index is 2090. The smallest absolute Gasteiger partial charge is 0.264 e. The van der Waals surface area contributed by atoms with E-state index in [-0.39, 0.29) is 15.8 Å². The summed E-state index contributed by atoms with van der Waals surface area (Å²) in [5, 5.41) is 15.6. The molecule has 3 aromatic rings. The largest absolute Gasteiger partial charge is 0.271 e. The SMILES string of the molecule is O=C1[C@H]2N=NN(CC(=O)N3N=C4/C(=C/c5ccc(Cl)cc5Cl)CCC[C@@H]4[C@H]3c3ccc(Cl)cc3Cl)[C@H]2C(=O)N1c1c(F)c(F)c(F)c(F)c1F. The van der Waals surface area contributed by atoms with E-state index >= 15 is 0 Å². The number of hydrazone groups is 1. The summed E-state index contributed by atoms with van der Waals surface area (Å²) < 4.78 is 71.0. The Labute approximate surface area is 299 Å². The Morgan fingerprint density at radius 3 is 2.14 bits per heavy atom. The number of rotatable bonds is 5. The summed E-state index contributed by atoms with van der Waals surface area (Å²) in [5.74, 6) is -15.8. The number of carbonyl (C=O) groups excluding carboxylic acids is 3. The number of allylic oxidation sites excluding steroid dienone is 1. The predicted octanol–water partition coefficient (Wildman–Crippen LogP) is 8.11. The van der Waals surface area contributed by atoms with Crippen LogP contribution in [0, 0.1) is 35.0 Å². The van der Waals surface area contributed by atoms with Crippen LogP contribution in [0.1, 0.15) is 36.4 Å². The monoisotopic (exact) mass is 770 g/mol. The number of fused-ring (bicyclic) bond motifs is 2. The molecule has 1 aliphatic carbocycles. The molecule has 7 rings (SSSR count). The van der Waals surface area contributed by atoms with Gasteiger partial charge in [-0.05, 0) is 66.3 Å². The van der Waals surface area contributed by atoms with E-state index < -0.39 is 77.2 Å². The molecule has 1 saturated carbocycles. The molecule has 2 fully saturated rings. The van der Waals surface area contributed by atoms with Crippen molar-refractivity contribution in [1.29, 1.82) is 0 Å². The molecule has 4 atom stereocenters. The van der Waals surface area contributed by atoms with Gasteiger partial charge in [0.2, 0.25) is 5.82 Å². The van der Waals surface area contributed by atoms with Gasteiger partial charge >= 0.3 is 0 Å². The number of anilines is 1. The second-order valence-corrected chi connectivity index (χ2v) is 13.5. The van der Waals surface area contributed by atoms with Crippen molar-refractivity contribution in [2.45, 2.75) is 37.4 Å². The second-order valence-electron chi connectivity index (χ2n) is 11.8. The van der Waals surface area contributed by atoms with Crippen molar-refractivity contribution >= 4 is 81.6 Å². The zero-order valence-corrected chi connectivity index (χ0v) is 28.0. The molecule has 50 heavy (non-hydrogen) atoms. The summed E-state index contributed by atoms with van der Waals surface area (Å²) in [7, 11) is 0. The van der Waals surface area contributed by atoms with Crippen LogP contribution in [-0.4, -0.2) is 52.1 Å². The van der Waals surface area contributed by atoms with Crippen molar-refractivity contribution in [1.82, 2.24) is 10.0 Å². The van der Waals surface area contributed by atoms with Gasteiger partial charge in [-0.3, -0.25) is 19.4 Å². The molecule has 3 aliphatic heterocycles. The minimum atomic E-state index is -2.47. The Hall–Kier alpha value is -4.11. The molecular weight excluding hydrogens is 753 g/mol. The average molecular weight is 772 g/mol. The molecule has 0 N–H and O–H groups in total. The van der Waals surface area contributed by atoms with Crippen LogP contribution in [0.25, 0.3) is 6.08 Å². The number of hydrogen-bond donors (Lipinski definition) is 0. The first-order valence-electron chi connectivity index (χ1n) is 14.9. The van der Waals surface area contributed by atoms with Gasteiger partial charge in [-0.1, -0.05) is 63.8 Å². The minimum absolute atomic E-state index is 0.166. The van der Waals surface area contributed by atoms with E-state index in [1.807, 2.05) is 6.08 Å². The number of imide groups is 1. The first-order valence-corrected chi connectivity index (χ1v) is 16.4. The highest BCUT2D eigenvalue weighted by Crippen LogP contribution is 2.47. The lowest BCUT2D eigenvalue weighted by Gasteiger charge is -2.31. The standard InChI is InChI=1S/C32H19Cl4F5N6O3/c33-14-5-4-12(18(35)9-14)8-13-2-1-3-17-26(13)43-47(28(17)16-7-6-15(34)10-19(16)36)20(48)11-45-30-27(42-44-45)31(49)46(32(30)50)29-24(40)22(38)21(37)23(39)25(29)41/h4-10,17,27-28,30H,1-3,11H2/b13-8+/t17-,27-,28+,30+/m0/s1. The lowest BCUT2D eigenvalue weighted by Crippen LogP contribution is -2.45. The fourth-order valence-electron chi connectivity index (χ4n) is 6.64. The molecule has 18 heteroatoms. The van der Waals surface area contributed by atoms with Crippen LogP contribution in [0.2, 0.25) is 20.1 Å². The first-order chi connectivity index (χ1) is 23.8. The summed E-state index contributed by atoms with van der Waals surface area (Å²) in [4.78, 5) is 40.4. The van der Waals surface area contributed by atoms with Gasteiger partial charge in [0.1, 0.15) is 12.2 Å². The number of carbonyl (C=O) groups is 3. The third-order valence-electron chi connectivity index (χ3n) is 8.90. The van der Waals surface area contributed by atoms with E-state index in [2.05, 4.69) is 10.3 Å². The van der Waals surface area contributed by atoms with Crippen LogP contribution in [0.4, 0.5) is 27.6 Å². The third-order valence-corrected chi connectivity index (χ3v) is 10.0. The van der Waals surface area contributed by atoms with Crippen molar-refractivity contribution in [3.63, 3.8) is 0 Å². The molecule has 258 valence electrons. The molecule has 0 bridgehead atoms. The Morgan fingerprint density at radius 1 is 0.840 bits per heavy atom. The van der Waals surface area contributed by atoms with Gasteiger partial charge in [-0.25, -0.2) is 31.9 Å². The van der Waals surface area contributed by atoms with Crippen molar-refractivity contribution in [2.75, 3.05) is 11.4 Å². The van der Waals surface area contributed by atoms with Gasteiger partial charge in [-0.2, -0.15) is 10.2 Å². The van der Waals surface area contributed by atoms with Gasteiger partial charge in [-0.15, -0.1) is 0 Å². The fourth-order valence-corrected chi connectivity index (χ4v) is 7.62. The molecule has 4 aliphatic rings. The Morgan fingerprint density at radius 2 is 1.48 bits per heavy atom. The number of amides is 3. The molecule has 0 aromatic heterocycles. The number of benzene rings is 3. The highest BCUT2D eigenvalue weighted by Gasteiger charge is 2.57. The summed E-state index contributed by atoms with van der Waals surface area (Å²) in [5.41, 5.74) is 0.819. The molecule has 3 heterocycles. The quantitative estimate of drug-likeness (QED) is 0.113. The van der Waals surface area contributed by atoms with E-state index in [9.17, 15) is 36.3 Å². The van der Waals surface area contributed by atoms with Crippen molar-refractivity contribution in [3.8, 4) is 0 Å². The number of halogens is 9. The zero-order valence-electron chi connectivity index (χ0n) is 25.0. The molecule has 0 radical (unpaired) electrons. The Kier molecular flexibility index (Phi) is 8.86. The van der Waals surface area contributed by atoms with Crippen LogP contribution in [0.15, 0.2) is 57.4 Å². The maximum absolute atomic E-state index is 14.7. The van der Waals surface area contributed by atoms with E-state index in [1.165, 1.54) is 11.1 Å². The topological polar surface area (TPSA) is 98.0 Å². The zero-order chi connectivity index (χ0) is 35.8. The van der Waals surface area contributed by atoms with Crippen LogP contribution < -0.4 is 4.90 Å². The van der Waals surface area contributed by atoms with E-state index in [4.69, 9.17) is 51.5 Å². The van der Waals surface area contributed by atoms with E-state index in [0.29, 0.717) is 44.7 Å². The molecule has 1 saturated heterocycles. The molecule has 3 aromatic carbocycles. The van der Waals surface area contributed by atoms with Gasteiger partial charge in [0.15, 0.2) is 35.4 Å². The molecule has 9 nitrogen and oxygen atoms in total. The summed E-state index contributed by atoms with van der Waals surface area (Å²) >= 11 is 25.3. The molecule has 0 unspecified atom stereocenters. The minimum Gasteiger partial charge on any atom is -0.271 e.